The van der Waals surface area contributed by atoms with Gasteiger partial charge < -0.3 is 15.8 Å². The highest BCUT2D eigenvalue weighted by Crippen LogP contribution is 2.33. The van der Waals surface area contributed by atoms with Gasteiger partial charge in [0.15, 0.2) is 6.04 Å². The third kappa shape index (κ3) is 4.47. The molecule has 20 heavy (non-hydrogen) atoms. The van der Waals surface area contributed by atoms with Crippen molar-refractivity contribution in [1.82, 2.24) is 5.32 Å². The number of amides is 1. The monoisotopic (exact) mass is 284 g/mol. The Morgan fingerprint density at radius 2 is 2.00 bits per heavy atom. The molecule has 116 valence electrons. The van der Waals surface area contributed by atoms with Gasteiger partial charge in [-0.3, -0.25) is 4.79 Å². The van der Waals surface area contributed by atoms with Crippen LogP contribution in [0.15, 0.2) is 0 Å². The number of nitrogens with one attached hydrogen (secondary N) is 1. The Balaban J connectivity index is 2.63. The molecule has 1 saturated carbocycles. The average molecular weight is 284 g/mol. The second-order valence-electron chi connectivity index (χ2n) is 6.17. The molecule has 0 bridgehead atoms. The van der Waals surface area contributed by atoms with Crippen molar-refractivity contribution in [2.45, 2.75) is 59.0 Å². The van der Waals surface area contributed by atoms with Gasteiger partial charge in [0, 0.05) is 6.04 Å². The van der Waals surface area contributed by atoms with E-state index in [1.54, 1.807) is 6.92 Å². The van der Waals surface area contributed by atoms with E-state index in [0.717, 1.165) is 12.8 Å². The predicted octanol–water partition coefficient (Wildman–Crippen LogP) is 1.45. The molecule has 0 aliphatic heterocycles. The van der Waals surface area contributed by atoms with Gasteiger partial charge in [-0.15, -0.1) is 0 Å². The summed E-state index contributed by atoms with van der Waals surface area (Å²) < 4.78 is 4.78. The van der Waals surface area contributed by atoms with E-state index in [0.29, 0.717) is 17.8 Å². The topological polar surface area (TPSA) is 81.4 Å². The van der Waals surface area contributed by atoms with Crippen LogP contribution in [0.5, 0.6) is 0 Å². The fraction of sp³-hybridized carbons (Fsp3) is 0.867. The van der Waals surface area contributed by atoms with Gasteiger partial charge in [0.1, 0.15) is 0 Å². The summed E-state index contributed by atoms with van der Waals surface area (Å²) in [6.45, 7) is 8.46. The molecule has 0 aromatic carbocycles. The molecule has 4 unspecified atom stereocenters. The van der Waals surface area contributed by atoms with E-state index in [4.69, 9.17) is 10.5 Å². The van der Waals surface area contributed by atoms with E-state index in [1.807, 2.05) is 0 Å². The predicted molar refractivity (Wildman–Crippen MR) is 77.9 cm³/mol. The number of hydrogen-bond acceptors (Lipinski definition) is 4. The highest BCUT2D eigenvalue weighted by Gasteiger charge is 2.34. The quantitative estimate of drug-likeness (QED) is 0.591. The first-order valence-corrected chi connectivity index (χ1v) is 7.59. The van der Waals surface area contributed by atoms with Crippen molar-refractivity contribution >= 4 is 11.9 Å². The zero-order valence-corrected chi connectivity index (χ0v) is 13.0. The molecule has 0 aromatic heterocycles. The fourth-order valence-corrected chi connectivity index (χ4v) is 2.98. The first-order valence-electron chi connectivity index (χ1n) is 7.59. The molecule has 1 fully saturated rings. The minimum atomic E-state index is -1.22. The first-order chi connectivity index (χ1) is 9.36. The summed E-state index contributed by atoms with van der Waals surface area (Å²) in [5.74, 6) is 0.466. The Morgan fingerprint density at radius 3 is 2.55 bits per heavy atom. The Labute approximate surface area is 121 Å². The maximum Gasteiger partial charge on any atom is 0.332 e. The van der Waals surface area contributed by atoms with Crippen LogP contribution in [0.3, 0.4) is 0 Å². The normalized spacial score (nSPS) is 28.0. The summed E-state index contributed by atoms with van der Waals surface area (Å²) in [6, 6.07) is -1.12. The van der Waals surface area contributed by atoms with Crippen molar-refractivity contribution < 1.29 is 14.3 Å². The van der Waals surface area contributed by atoms with Crippen LogP contribution in [0, 0.1) is 17.8 Å². The molecule has 0 radical (unpaired) electrons. The maximum atomic E-state index is 12.1. The number of rotatable bonds is 5. The minimum absolute atomic E-state index is 0.103. The Morgan fingerprint density at radius 1 is 1.35 bits per heavy atom. The first kappa shape index (κ1) is 17.0. The fourth-order valence-electron chi connectivity index (χ4n) is 2.98. The molecule has 3 N–H and O–H groups in total. The van der Waals surface area contributed by atoms with Crippen LogP contribution in [-0.4, -0.2) is 30.6 Å². The van der Waals surface area contributed by atoms with Gasteiger partial charge in [-0.05, 0) is 37.5 Å². The largest absolute Gasteiger partial charge is 0.464 e. The van der Waals surface area contributed by atoms with E-state index in [9.17, 15) is 9.59 Å². The molecule has 1 aliphatic rings. The van der Waals surface area contributed by atoms with Crippen LogP contribution in [-0.2, 0) is 14.3 Å². The van der Waals surface area contributed by atoms with Crippen molar-refractivity contribution in [3.05, 3.63) is 0 Å². The van der Waals surface area contributed by atoms with Crippen molar-refractivity contribution in [3.8, 4) is 0 Å². The van der Waals surface area contributed by atoms with Crippen molar-refractivity contribution in [1.29, 1.82) is 0 Å². The summed E-state index contributed by atoms with van der Waals surface area (Å²) in [7, 11) is 0. The van der Waals surface area contributed by atoms with Gasteiger partial charge in [-0.1, -0.05) is 27.2 Å². The molecule has 0 saturated heterocycles. The average Bonchev–Trinajstić information content (AvgIpc) is 2.37. The molecule has 4 atom stereocenters. The molecule has 1 rings (SSSR count). The number of nitrogens with two attached hydrogens (primary N) is 1. The molecular weight excluding hydrogens is 256 g/mol. The summed E-state index contributed by atoms with van der Waals surface area (Å²) in [4.78, 5) is 23.6. The number of esters is 1. The molecule has 1 amide bonds. The number of hydrogen-bond donors (Lipinski definition) is 2. The number of carbonyl (C=O) groups excluding carboxylic acids is 2. The Hall–Kier alpha value is -1.10. The van der Waals surface area contributed by atoms with Gasteiger partial charge in [0.2, 0.25) is 5.91 Å². The highest BCUT2D eigenvalue weighted by molar-refractivity contribution is 6.01. The van der Waals surface area contributed by atoms with Crippen LogP contribution < -0.4 is 11.1 Å². The highest BCUT2D eigenvalue weighted by atomic mass is 16.5. The summed E-state index contributed by atoms with van der Waals surface area (Å²) in [5.41, 5.74) is 5.63. The lowest BCUT2D eigenvalue weighted by atomic mass is 9.74. The second kappa shape index (κ2) is 7.62. The van der Waals surface area contributed by atoms with Crippen LogP contribution >= 0.6 is 0 Å². The standard InChI is InChI=1S/C15H28N2O3/c1-5-20-15(19)13(16)14(18)17-12-8-10(4)6-7-11(12)9(2)3/h9-13H,5-8,16H2,1-4H3,(H,17,18). The van der Waals surface area contributed by atoms with Crippen molar-refractivity contribution in [2.24, 2.45) is 23.5 Å². The Bertz CT molecular complexity index is 344. The van der Waals surface area contributed by atoms with Gasteiger partial charge >= 0.3 is 5.97 Å². The maximum absolute atomic E-state index is 12.1. The van der Waals surface area contributed by atoms with Gasteiger partial charge in [0.05, 0.1) is 6.61 Å². The third-order valence-corrected chi connectivity index (χ3v) is 4.17. The molecule has 0 spiro atoms. The third-order valence-electron chi connectivity index (χ3n) is 4.17. The number of carbonyl (C=O) groups is 2. The lowest BCUT2D eigenvalue weighted by Crippen LogP contribution is -2.53. The zero-order chi connectivity index (χ0) is 15.3. The summed E-state index contributed by atoms with van der Waals surface area (Å²) in [6.07, 6.45) is 3.25. The molecule has 0 heterocycles. The SMILES string of the molecule is CCOC(=O)C(N)C(=O)NC1CC(C)CCC1C(C)C. The van der Waals surface area contributed by atoms with Crippen LogP contribution in [0.4, 0.5) is 0 Å². The zero-order valence-electron chi connectivity index (χ0n) is 13.0. The molecule has 1 aliphatic carbocycles. The Kier molecular flexibility index (Phi) is 6.46. The molecular formula is C15H28N2O3. The van der Waals surface area contributed by atoms with Gasteiger partial charge in [-0.25, -0.2) is 4.79 Å². The molecule has 5 nitrogen and oxygen atoms in total. The molecule has 5 heteroatoms. The van der Waals surface area contributed by atoms with Crippen LogP contribution in [0.1, 0.15) is 47.0 Å². The summed E-state index contributed by atoms with van der Waals surface area (Å²) in [5, 5.41) is 2.96. The lowest BCUT2D eigenvalue weighted by Gasteiger charge is -2.38. The summed E-state index contributed by atoms with van der Waals surface area (Å²) >= 11 is 0. The number of ether oxygens (including phenoxy) is 1. The molecule has 0 aromatic rings. The van der Waals surface area contributed by atoms with Crippen molar-refractivity contribution in [3.63, 3.8) is 0 Å². The van der Waals surface area contributed by atoms with Crippen molar-refractivity contribution in [2.75, 3.05) is 6.61 Å². The lowest BCUT2D eigenvalue weighted by molar-refractivity contribution is -0.148. The van der Waals surface area contributed by atoms with E-state index in [1.165, 1.54) is 6.42 Å². The smallest absolute Gasteiger partial charge is 0.332 e. The second-order valence-corrected chi connectivity index (χ2v) is 6.17. The van der Waals surface area contributed by atoms with Gasteiger partial charge in [0.25, 0.3) is 0 Å². The van der Waals surface area contributed by atoms with E-state index < -0.39 is 17.9 Å². The van der Waals surface area contributed by atoms with Crippen LogP contribution in [0.2, 0.25) is 0 Å². The van der Waals surface area contributed by atoms with Gasteiger partial charge in [-0.2, -0.15) is 0 Å². The van der Waals surface area contributed by atoms with E-state index in [-0.39, 0.29) is 12.6 Å². The van der Waals surface area contributed by atoms with E-state index >= 15 is 0 Å². The van der Waals surface area contributed by atoms with Crippen LogP contribution in [0.25, 0.3) is 0 Å². The minimum Gasteiger partial charge on any atom is -0.464 e. The van der Waals surface area contributed by atoms with E-state index in [2.05, 4.69) is 26.1 Å².